The van der Waals surface area contributed by atoms with E-state index in [1.54, 1.807) is 24.3 Å². The molecule has 0 aliphatic rings. The van der Waals surface area contributed by atoms with Crippen LogP contribution < -0.4 is 16.0 Å². The first-order chi connectivity index (χ1) is 13.0. The summed E-state index contributed by atoms with van der Waals surface area (Å²) in [5, 5.41) is 8.35. The Morgan fingerprint density at radius 1 is 1.11 bits per heavy atom. The van der Waals surface area contributed by atoms with Crippen LogP contribution in [0.4, 0.5) is 10.5 Å². The van der Waals surface area contributed by atoms with Crippen LogP contribution in [0, 0.1) is 0 Å². The summed E-state index contributed by atoms with van der Waals surface area (Å²) >= 11 is 0. The Morgan fingerprint density at radius 3 is 2.67 bits per heavy atom. The van der Waals surface area contributed by atoms with Crippen molar-refractivity contribution in [2.24, 2.45) is 0 Å². The zero-order chi connectivity index (χ0) is 19.2. The van der Waals surface area contributed by atoms with Crippen molar-refractivity contribution in [3.05, 3.63) is 66.1 Å². The Balaban J connectivity index is 1.60. The molecule has 3 rings (SSSR count). The average Bonchev–Trinajstić information content (AvgIpc) is 3.04. The predicted octanol–water partition coefficient (Wildman–Crippen LogP) is 2.84. The first kappa shape index (κ1) is 18.4. The third-order valence-corrected chi connectivity index (χ3v) is 3.92. The van der Waals surface area contributed by atoms with Crippen LogP contribution in [0.5, 0.6) is 0 Å². The topological polar surface area (TPSA) is 87.5 Å². The van der Waals surface area contributed by atoms with E-state index >= 15 is 0 Å². The molecule has 0 aliphatic carbocycles. The van der Waals surface area contributed by atoms with E-state index in [-0.39, 0.29) is 18.0 Å². The van der Waals surface area contributed by atoms with Gasteiger partial charge >= 0.3 is 6.03 Å². The van der Waals surface area contributed by atoms with Crippen LogP contribution in [0.25, 0.3) is 5.65 Å². The second-order valence-corrected chi connectivity index (χ2v) is 6.50. The fourth-order valence-corrected chi connectivity index (χ4v) is 2.72. The highest BCUT2D eigenvalue weighted by molar-refractivity contribution is 6.03. The number of hydrogen-bond acceptors (Lipinski definition) is 3. The van der Waals surface area contributed by atoms with Gasteiger partial charge in [-0.25, -0.2) is 9.78 Å². The Hall–Kier alpha value is -3.35. The van der Waals surface area contributed by atoms with Crippen LogP contribution in [0.15, 0.2) is 54.9 Å². The molecule has 0 bridgehead atoms. The van der Waals surface area contributed by atoms with Crippen LogP contribution in [-0.4, -0.2) is 33.9 Å². The lowest BCUT2D eigenvalue weighted by Gasteiger charge is -2.13. The summed E-state index contributed by atoms with van der Waals surface area (Å²) < 4.78 is 1.95. The van der Waals surface area contributed by atoms with Gasteiger partial charge in [-0.05, 0) is 38.1 Å². The minimum atomic E-state index is -0.338. The number of carbonyl (C=O) groups excluding carboxylic acids is 2. The fourth-order valence-electron chi connectivity index (χ4n) is 2.72. The molecule has 0 unspecified atom stereocenters. The number of hydrogen-bond donors (Lipinski definition) is 3. The zero-order valence-corrected chi connectivity index (χ0v) is 15.4. The lowest BCUT2D eigenvalue weighted by atomic mass is 10.1. The number of fused-ring (bicyclic) bond motifs is 1. The second kappa shape index (κ2) is 8.35. The van der Waals surface area contributed by atoms with Crippen molar-refractivity contribution in [1.29, 1.82) is 0 Å². The van der Waals surface area contributed by atoms with Gasteiger partial charge in [0.2, 0.25) is 0 Å². The van der Waals surface area contributed by atoms with Crippen molar-refractivity contribution in [2.45, 2.75) is 26.3 Å². The lowest BCUT2D eigenvalue weighted by Crippen LogP contribution is -2.35. The van der Waals surface area contributed by atoms with E-state index in [9.17, 15) is 9.59 Å². The largest absolute Gasteiger partial charge is 0.352 e. The van der Waals surface area contributed by atoms with Gasteiger partial charge in [-0.1, -0.05) is 18.2 Å². The van der Waals surface area contributed by atoms with Crippen molar-refractivity contribution in [3.8, 4) is 0 Å². The Bertz CT molecular complexity index is 915. The molecule has 0 fully saturated rings. The predicted molar refractivity (Wildman–Crippen MR) is 105 cm³/mol. The molecule has 27 heavy (non-hydrogen) atoms. The molecule has 0 saturated carbocycles. The van der Waals surface area contributed by atoms with Gasteiger partial charge in [-0.3, -0.25) is 4.79 Å². The summed E-state index contributed by atoms with van der Waals surface area (Å²) in [6.45, 7) is 4.20. The first-order valence-electron chi connectivity index (χ1n) is 8.90. The Labute approximate surface area is 157 Å². The average molecular weight is 365 g/mol. The van der Waals surface area contributed by atoms with Gasteiger partial charge in [0.1, 0.15) is 5.65 Å². The third-order valence-electron chi connectivity index (χ3n) is 3.92. The number of imidazole rings is 1. The molecule has 0 radical (unpaired) electrons. The maximum Gasteiger partial charge on any atom is 0.319 e. The van der Waals surface area contributed by atoms with Crippen molar-refractivity contribution < 1.29 is 9.59 Å². The summed E-state index contributed by atoms with van der Waals surface area (Å²) in [7, 11) is 0. The minimum Gasteiger partial charge on any atom is -0.352 e. The standard InChI is InChI=1S/C20H23N5O2/c1-14(2)22-20(27)24-17-8-4-3-7-16(17)19(26)21-11-10-15-13-25-12-6-5-9-18(25)23-15/h3-9,12-14H,10-11H2,1-2H3,(H,21,26)(H2,22,24,27). The maximum absolute atomic E-state index is 12.5. The molecule has 7 nitrogen and oxygen atoms in total. The molecular weight excluding hydrogens is 342 g/mol. The van der Waals surface area contributed by atoms with Gasteiger partial charge in [0, 0.05) is 31.4 Å². The van der Waals surface area contributed by atoms with Crippen LogP contribution in [-0.2, 0) is 6.42 Å². The summed E-state index contributed by atoms with van der Waals surface area (Å²) in [5.74, 6) is -0.237. The number of para-hydroxylation sites is 1. The second-order valence-electron chi connectivity index (χ2n) is 6.50. The maximum atomic E-state index is 12.5. The molecule has 3 aromatic rings. The van der Waals surface area contributed by atoms with Crippen LogP contribution in [0.1, 0.15) is 29.9 Å². The molecule has 2 heterocycles. The van der Waals surface area contributed by atoms with Gasteiger partial charge < -0.3 is 20.4 Å². The summed E-state index contributed by atoms with van der Waals surface area (Å²) in [4.78, 5) is 29.0. The smallest absolute Gasteiger partial charge is 0.319 e. The molecule has 2 aromatic heterocycles. The van der Waals surface area contributed by atoms with E-state index in [1.807, 2.05) is 48.8 Å². The number of nitrogens with zero attached hydrogens (tertiary/aromatic N) is 2. The van der Waals surface area contributed by atoms with E-state index in [2.05, 4.69) is 20.9 Å². The van der Waals surface area contributed by atoms with E-state index in [4.69, 9.17) is 0 Å². The monoisotopic (exact) mass is 365 g/mol. The first-order valence-corrected chi connectivity index (χ1v) is 8.90. The third kappa shape index (κ3) is 4.84. The quantitative estimate of drug-likeness (QED) is 0.628. The normalized spacial score (nSPS) is 10.8. The van der Waals surface area contributed by atoms with E-state index in [0.717, 1.165) is 11.3 Å². The summed E-state index contributed by atoms with van der Waals surface area (Å²) in [5.41, 5.74) is 2.68. The molecule has 140 valence electrons. The van der Waals surface area contributed by atoms with Crippen LogP contribution >= 0.6 is 0 Å². The molecule has 3 amide bonds. The van der Waals surface area contributed by atoms with Crippen molar-refractivity contribution in [3.63, 3.8) is 0 Å². The lowest BCUT2D eigenvalue weighted by molar-refractivity contribution is 0.0955. The molecule has 0 aliphatic heterocycles. The van der Waals surface area contributed by atoms with Gasteiger partial charge in [0.15, 0.2) is 0 Å². The number of anilines is 1. The molecule has 3 N–H and O–H groups in total. The SMILES string of the molecule is CC(C)NC(=O)Nc1ccccc1C(=O)NCCc1cn2ccccc2n1. The van der Waals surface area contributed by atoms with Crippen LogP contribution in [0.2, 0.25) is 0 Å². The van der Waals surface area contributed by atoms with Gasteiger partial charge in [0.25, 0.3) is 5.91 Å². The fraction of sp³-hybridized carbons (Fsp3) is 0.250. The number of amides is 3. The van der Waals surface area contributed by atoms with E-state index < -0.39 is 0 Å². The number of urea groups is 1. The minimum absolute atomic E-state index is 0.0106. The molecule has 0 spiro atoms. The molecule has 0 saturated heterocycles. The number of nitrogens with one attached hydrogen (secondary N) is 3. The van der Waals surface area contributed by atoms with Crippen molar-refractivity contribution >= 4 is 23.3 Å². The van der Waals surface area contributed by atoms with Crippen LogP contribution in [0.3, 0.4) is 0 Å². The zero-order valence-electron chi connectivity index (χ0n) is 15.4. The summed E-state index contributed by atoms with van der Waals surface area (Å²) in [6, 6.07) is 12.4. The number of aromatic nitrogens is 2. The number of rotatable bonds is 6. The molecule has 1 aromatic carbocycles. The van der Waals surface area contributed by atoms with Gasteiger partial charge in [-0.2, -0.15) is 0 Å². The molecule has 0 atom stereocenters. The highest BCUT2D eigenvalue weighted by atomic mass is 16.2. The number of carbonyl (C=O) groups is 2. The number of benzene rings is 1. The van der Waals surface area contributed by atoms with E-state index in [1.165, 1.54) is 0 Å². The molecule has 7 heteroatoms. The Kier molecular flexibility index (Phi) is 5.71. The van der Waals surface area contributed by atoms with E-state index in [0.29, 0.717) is 24.2 Å². The highest BCUT2D eigenvalue weighted by Crippen LogP contribution is 2.15. The molecular formula is C20H23N5O2. The summed E-state index contributed by atoms with van der Waals surface area (Å²) in [6.07, 6.45) is 4.51. The van der Waals surface area contributed by atoms with Gasteiger partial charge in [0.05, 0.1) is 16.9 Å². The number of pyridine rings is 1. The highest BCUT2D eigenvalue weighted by Gasteiger charge is 2.13. The van der Waals surface area contributed by atoms with Crippen molar-refractivity contribution in [1.82, 2.24) is 20.0 Å². The van der Waals surface area contributed by atoms with Crippen molar-refractivity contribution in [2.75, 3.05) is 11.9 Å². The Morgan fingerprint density at radius 2 is 1.89 bits per heavy atom. The van der Waals surface area contributed by atoms with Gasteiger partial charge in [-0.15, -0.1) is 0 Å².